The highest BCUT2D eigenvalue weighted by Crippen LogP contribution is 2.42. The van der Waals surface area contributed by atoms with Crippen molar-refractivity contribution in [2.45, 2.75) is 65.8 Å². The molecule has 3 rings (SSSR count). The first-order valence-electron chi connectivity index (χ1n) is 10.0. The van der Waals surface area contributed by atoms with Crippen molar-refractivity contribution >= 4 is 27.5 Å². The molecule has 1 unspecified atom stereocenters. The summed E-state index contributed by atoms with van der Waals surface area (Å²) in [5.74, 6) is 1.01. The minimum absolute atomic E-state index is 0.0206. The van der Waals surface area contributed by atoms with Crippen LogP contribution < -0.4 is 11.3 Å². The van der Waals surface area contributed by atoms with Crippen molar-refractivity contribution in [1.82, 2.24) is 9.55 Å². The molecular weight excluding hydrogens is 374 g/mol. The van der Waals surface area contributed by atoms with Crippen LogP contribution in [0.5, 0.6) is 0 Å². The first-order chi connectivity index (χ1) is 13.2. The van der Waals surface area contributed by atoms with Gasteiger partial charge in [-0.3, -0.25) is 14.2 Å². The molecule has 6 nitrogen and oxygen atoms in total. The largest absolute Gasteiger partial charge is 0.384 e. The molecule has 2 aromatic heterocycles. The molecule has 28 heavy (non-hydrogen) atoms. The average molecular weight is 406 g/mol. The number of fused-ring (bicyclic) bond motifs is 3. The zero-order valence-electron chi connectivity index (χ0n) is 17.3. The average Bonchev–Trinajstić information content (AvgIpc) is 2.98. The van der Waals surface area contributed by atoms with E-state index in [1.807, 2.05) is 0 Å². The molecule has 7 heteroatoms. The summed E-state index contributed by atoms with van der Waals surface area (Å²) in [5.41, 5.74) is 6.74. The first-order valence-corrected chi connectivity index (χ1v) is 10.8. The molecule has 1 amide bonds. The second-order valence-corrected chi connectivity index (χ2v) is 9.87. The maximum Gasteiger partial charge on any atom is 0.262 e. The van der Waals surface area contributed by atoms with Crippen LogP contribution in [-0.4, -0.2) is 29.2 Å². The maximum atomic E-state index is 13.4. The van der Waals surface area contributed by atoms with Crippen molar-refractivity contribution in [3.63, 3.8) is 0 Å². The molecule has 0 saturated carbocycles. The van der Waals surface area contributed by atoms with E-state index in [9.17, 15) is 9.59 Å². The molecule has 0 spiro atoms. The van der Waals surface area contributed by atoms with Crippen molar-refractivity contribution in [3.8, 4) is 0 Å². The van der Waals surface area contributed by atoms with E-state index in [0.29, 0.717) is 31.9 Å². The summed E-state index contributed by atoms with van der Waals surface area (Å²) in [6.07, 6.45) is 4.45. The number of aromatic nitrogens is 2. The Labute approximate surface area is 170 Å². The molecule has 0 aliphatic heterocycles. The zero-order valence-corrected chi connectivity index (χ0v) is 18.2. The topological polar surface area (TPSA) is 87.2 Å². The second-order valence-electron chi connectivity index (χ2n) is 8.79. The molecule has 2 heterocycles. The number of carbonyl (C=O) groups excluding carboxylic acids is 1. The van der Waals surface area contributed by atoms with Crippen LogP contribution in [0.1, 0.15) is 56.3 Å². The summed E-state index contributed by atoms with van der Waals surface area (Å²) in [7, 11) is 1.64. The number of carbonyl (C=O) groups is 1. The summed E-state index contributed by atoms with van der Waals surface area (Å²) in [4.78, 5) is 31.5. The van der Waals surface area contributed by atoms with E-state index in [0.717, 1.165) is 35.3 Å². The smallest absolute Gasteiger partial charge is 0.262 e. The van der Waals surface area contributed by atoms with Crippen LogP contribution in [-0.2, 0) is 35.3 Å². The zero-order chi connectivity index (χ0) is 20.5. The number of hydrogen-bond donors (Lipinski definition) is 1. The lowest BCUT2D eigenvalue weighted by Crippen LogP contribution is -2.28. The van der Waals surface area contributed by atoms with Crippen molar-refractivity contribution in [1.29, 1.82) is 0 Å². The van der Waals surface area contributed by atoms with Crippen LogP contribution in [0, 0.1) is 11.3 Å². The van der Waals surface area contributed by atoms with E-state index in [4.69, 9.17) is 15.5 Å². The Morgan fingerprint density at radius 2 is 2.14 bits per heavy atom. The van der Waals surface area contributed by atoms with Gasteiger partial charge in [-0.2, -0.15) is 0 Å². The second kappa shape index (κ2) is 8.33. The van der Waals surface area contributed by atoms with Gasteiger partial charge in [-0.15, -0.1) is 11.3 Å². The highest BCUT2D eigenvalue weighted by atomic mass is 32.1. The molecule has 1 atom stereocenters. The van der Waals surface area contributed by atoms with Crippen LogP contribution in [0.4, 0.5) is 0 Å². The summed E-state index contributed by atoms with van der Waals surface area (Å²) in [6, 6.07) is 0. The summed E-state index contributed by atoms with van der Waals surface area (Å²) >= 11 is 1.68. The molecule has 0 radical (unpaired) electrons. The molecule has 1 aliphatic rings. The van der Waals surface area contributed by atoms with Crippen LogP contribution in [0.25, 0.3) is 10.2 Å². The van der Waals surface area contributed by atoms with Gasteiger partial charge in [-0.1, -0.05) is 20.8 Å². The van der Waals surface area contributed by atoms with Gasteiger partial charge >= 0.3 is 0 Å². The minimum atomic E-state index is -0.346. The van der Waals surface area contributed by atoms with Crippen LogP contribution >= 0.6 is 11.3 Å². The Kier molecular flexibility index (Phi) is 6.25. The van der Waals surface area contributed by atoms with E-state index in [2.05, 4.69) is 20.8 Å². The number of nitrogens with zero attached hydrogens (tertiary/aromatic N) is 2. The molecule has 0 fully saturated rings. The SMILES string of the molecule is COCCc1nc2sc3c(c2c(=O)n1CCCC(N)=O)CCC(C(C)(C)C)C3. The monoisotopic (exact) mass is 405 g/mol. The standard InChI is InChI=1S/C21H31N3O3S/c1-21(2,3)13-7-8-14-15(12-13)28-19-18(14)20(26)24(10-5-6-16(22)25)17(23-19)9-11-27-4/h13H,5-12H2,1-4H3,(H2,22,25). The minimum Gasteiger partial charge on any atom is -0.384 e. The Bertz CT molecular complexity index is 924. The Morgan fingerprint density at radius 1 is 1.39 bits per heavy atom. The summed E-state index contributed by atoms with van der Waals surface area (Å²) in [5, 5.41) is 0.785. The third-order valence-corrected chi connectivity index (χ3v) is 6.96. The number of ether oxygens (including phenoxy) is 1. The van der Waals surface area contributed by atoms with Gasteiger partial charge in [-0.05, 0) is 42.6 Å². The highest BCUT2D eigenvalue weighted by Gasteiger charge is 2.32. The summed E-state index contributed by atoms with van der Waals surface area (Å²) < 4.78 is 6.93. The predicted octanol–water partition coefficient (Wildman–Crippen LogP) is 3.06. The number of methoxy groups -OCH3 is 1. The quantitative estimate of drug-likeness (QED) is 0.767. The lowest BCUT2D eigenvalue weighted by Gasteiger charge is -2.33. The third-order valence-electron chi connectivity index (χ3n) is 5.81. The molecule has 1 aliphatic carbocycles. The number of aryl methyl sites for hydroxylation is 1. The number of amides is 1. The third kappa shape index (κ3) is 4.30. The van der Waals surface area contributed by atoms with Crippen molar-refractivity contribution in [2.75, 3.05) is 13.7 Å². The van der Waals surface area contributed by atoms with E-state index in [1.54, 1.807) is 23.0 Å². The predicted molar refractivity (Wildman–Crippen MR) is 113 cm³/mol. The van der Waals surface area contributed by atoms with E-state index >= 15 is 0 Å². The van der Waals surface area contributed by atoms with Gasteiger partial charge in [0.25, 0.3) is 5.56 Å². The van der Waals surface area contributed by atoms with Crippen molar-refractivity contribution in [3.05, 3.63) is 26.6 Å². The van der Waals surface area contributed by atoms with Gasteiger partial charge in [0.1, 0.15) is 10.7 Å². The van der Waals surface area contributed by atoms with Gasteiger partial charge in [0, 0.05) is 31.4 Å². The van der Waals surface area contributed by atoms with Gasteiger partial charge in [-0.25, -0.2) is 4.98 Å². The molecule has 0 bridgehead atoms. The van der Waals surface area contributed by atoms with Crippen LogP contribution in [0.2, 0.25) is 0 Å². The van der Waals surface area contributed by atoms with Crippen LogP contribution in [0.3, 0.4) is 0 Å². The molecule has 154 valence electrons. The normalized spacial score (nSPS) is 17.1. The first kappa shape index (κ1) is 21.0. The molecule has 2 N–H and O–H groups in total. The van der Waals surface area contributed by atoms with E-state index < -0.39 is 0 Å². The van der Waals surface area contributed by atoms with Gasteiger partial charge in [0.2, 0.25) is 5.91 Å². The molecular formula is C21H31N3O3S. The number of rotatable bonds is 7. The molecule has 0 saturated heterocycles. The number of hydrogen-bond acceptors (Lipinski definition) is 5. The van der Waals surface area contributed by atoms with Gasteiger partial charge < -0.3 is 10.5 Å². The summed E-state index contributed by atoms with van der Waals surface area (Å²) in [6.45, 7) is 7.85. The fourth-order valence-electron chi connectivity index (χ4n) is 4.07. The highest BCUT2D eigenvalue weighted by molar-refractivity contribution is 7.18. The molecule has 2 aromatic rings. The lowest BCUT2D eigenvalue weighted by molar-refractivity contribution is -0.118. The van der Waals surface area contributed by atoms with Crippen molar-refractivity contribution < 1.29 is 9.53 Å². The lowest BCUT2D eigenvalue weighted by atomic mass is 9.72. The molecule has 0 aromatic carbocycles. The Hall–Kier alpha value is -1.73. The number of primary amides is 1. The fraction of sp³-hybridized carbons (Fsp3) is 0.667. The maximum absolute atomic E-state index is 13.4. The van der Waals surface area contributed by atoms with Gasteiger partial charge in [0.15, 0.2) is 0 Å². The number of nitrogens with two attached hydrogens (primary N) is 1. The number of thiophene rings is 1. The van der Waals surface area contributed by atoms with E-state index in [1.165, 1.54) is 10.4 Å². The van der Waals surface area contributed by atoms with Crippen LogP contribution in [0.15, 0.2) is 4.79 Å². The fourth-order valence-corrected chi connectivity index (χ4v) is 5.37. The Morgan fingerprint density at radius 3 is 2.79 bits per heavy atom. The van der Waals surface area contributed by atoms with Gasteiger partial charge in [0.05, 0.1) is 12.0 Å². The Balaban J connectivity index is 2.03. The van der Waals surface area contributed by atoms with E-state index in [-0.39, 0.29) is 23.3 Å². The van der Waals surface area contributed by atoms with Crippen molar-refractivity contribution in [2.24, 2.45) is 17.1 Å².